The van der Waals surface area contributed by atoms with Crippen LogP contribution in [0, 0.1) is 20.2 Å². The lowest BCUT2D eigenvalue weighted by molar-refractivity contribution is -0.389. The maximum atomic E-state index is 10.7. The largest absolute Gasteiger partial charge is 0.477 e. The highest BCUT2D eigenvalue weighted by Gasteiger charge is 2.32. The number of nitrogens with zero attached hydrogens (tertiary/aromatic N) is 2. The Labute approximate surface area is 103 Å². The molecule has 0 aliphatic rings. The fourth-order valence-electron chi connectivity index (χ4n) is 1.08. The summed E-state index contributed by atoms with van der Waals surface area (Å²) in [7, 11) is 0. The summed E-state index contributed by atoms with van der Waals surface area (Å²) < 4.78 is 0. The average Bonchev–Trinajstić information content (AvgIpc) is 2.19. The number of benzene rings is 1. The van der Waals surface area contributed by atoms with Crippen molar-refractivity contribution in [3.8, 4) is 0 Å². The minimum Gasteiger partial charge on any atom is -0.477 e. The van der Waals surface area contributed by atoms with Crippen LogP contribution in [0.1, 0.15) is 10.4 Å². The monoisotopic (exact) mass is 280 g/mol. The van der Waals surface area contributed by atoms with Crippen molar-refractivity contribution < 1.29 is 19.7 Å². The molecular weight excluding hydrogens is 279 g/mol. The third kappa shape index (κ3) is 2.27. The summed E-state index contributed by atoms with van der Waals surface area (Å²) in [6.07, 6.45) is 0. The van der Waals surface area contributed by atoms with E-state index in [9.17, 15) is 25.0 Å². The number of carboxylic acids is 1. The quantitative estimate of drug-likeness (QED) is 0.670. The molecule has 0 unspecified atom stereocenters. The number of hydrogen-bond donors (Lipinski definition) is 1. The second kappa shape index (κ2) is 4.52. The van der Waals surface area contributed by atoms with Gasteiger partial charge in [0.15, 0.2) is 0 Å². The highest BCUT2D eigenvalue weighted by atomic mass is 35.5. The number of halogens is 2. The van der Waals surface area contributed by atoms with E-state index in [1.807, 2.05) is 0 Å². The van der Waals surface area contributed by atoms with Crippen LogP contribution in [0.25, 0.3) is 0 Å². The first kappa shape index (κ1) is 13.1. The summed E-state index contributed by atoms with van der Waals surface area (Å²) in [4.78, 5) is 29.8. The molecule has 0 aliphatic heterocycles. The molecule has 0 fully saturated rings. The third-order valence-electron chi connectivity index (χ3n) is 1.77. The molecule has 8 nitrogen and oxygen atoms in total. The number of carboxylic acid groups (broad SMARTS) is 1. The molecule has 0 radical (unpaired) electrons. The average molecular weight is 281 g/mol. The summed E-state index contributed by atoms with van der Waals surface area (Å²) in [5, 5.41) is 28.4. The van der Waals surface area contributed by atoms with Crippen molar-refractivity contribution in [2.45, 2.75) is 0 Å². The molecule has 1 N–H and O–H groups in total. The van der Waals surface area contributed by atoms with Crippen LogP contribution in [-0.4, -0.2) is 20.9 Å². The van der Waals surface area contributed by atoms with Crippen LogP contribution in [0.4, 0.5) is 11.4 Å². The first-order chi connectivity index (χ1) is 7.77. The Kier molecular flexibility index (Phi) is 3.49. The van der Waals surface area contributed by atoms with E-state index in [0.717, 1.165) is 0 Å². The van der Waals surface area contributed by atoms with Gasteiger partial charge >= 0.3 is 11.7 Å². The van der Waals surface area contributed by atoms with Crippen LogP contribution in [0.15, 0.2) is 6.07 Å². The molecule has 0 amide bonds. The molecule has 0 saturated heterocycles. The molecule has 1 rings (SSSR count). The first-order valence-electron chi connectivity index (χ1n) is 3.81. The molecule has 0 bridgehead atoms. The van der Waals surface area contributed by atoms with E-state index >= 15 is 0 Å². The number of aromatic carboxylic acids is 1. The van der Waals surface area contributed by atoms with Gasteiger partial charge in [-0.1, -0.05) is 23.2 Å². The van der Waals surface area contributed by atoms with Crippen molar-refractivity contribution in [2.75, 3.05) is 0 Å². The van der Waals surface area contributed by atoms with E-state index in [1.54, 1.807) is 0 Å². The highest BCUT2D eigenvalue weighted by molar-refractivity contribution is 6.45. The topological polar surface area (TPSA) is 124 Å². The molecule has 1 aromatic rings. The molecule has 10 heteroatoms. The Bertz CT molecular complexity index is 544. The summed E-state index contributed by atoms with van der Waals surface area (Å²) in [5.74, 6) is -1.71. The Balaban J connectivity index is 3.75. The Hall–Kier alpha value is -1.93. The van der Waals surface area contributed by atoms with Crippen molar-refractivity contribution in [2.24, 2.45) is 0 Å². The Morgan fingerprint density at radius 1 is 1.18 bits per heavy atom. The van der Waals surface area contributed by atoms with Crippen LogP contribution >= 0.6 is 23.2 Å². The van der Waals surface area contributed by atoms with Crippen molar-refractivity contribution in [3.05, 3.63) is 41.9 Å². The van der Waals surface area contributed by atoms with Gasteiger partial charge in [-0.2, -0.15) is 0 Å². The van der Waals surface area contributed by atoms with E-state index in [0.29, 0.717) is 6.07 Å². The minimum atomic E-state index is -1.71. The molecule has 0 spiro atoms. The standard InChI is InChI=1S/C7H2Cl2N2O6/c8-4-3(10(14)15)1-2(7(12)13)6(5(4)9)11(16)17/h1H,(H,12,13). The number of hydrogen-bond acceptors (Lipinski definition) is 5. The van der Waals surface area contributed by atoms with Crippen molar-refractivity contribution in [1.29, 1.82) is 0 Å². The van der Waals surface area contributed by atoms with Gasteiger partial charge in [-0.15, -0.1) is 0 Å². The fraction of sp³-hybridized carbons (Fsp3) is 0. The lowest BCUT2D eigenvalue weighted by Gasteiger charge is -2.03. The summed E-state index contributed by atoms with van der Waals surface area (Å²) in [5.41, 5.74) is -2.68. The van der Waals surface area contributed by atoms with Crippen molar-refractivity contribution in [3.63, 3.8) is 0 Å². The minimum absolute atomic E-state index is 0.495. The normalized spacial score (nSPS) is 10.0. The third-order valence-corrected chi connectivity index (χ3v) is 2.62. The highest BCUT2D eigenvalue weighted by Crippen LogP contribution is 2.41. The maximum absolute atomic E-state index is 10.7. The summed E-state index contributed by atoms with van der Waals surface area (Å²) in [6, 6.07) is 0.495. The van der Waals surface area contributed by atoms with Crippen molar-refractivity contribution >= 4 is 40.5 Å². The van der Waals surface area contributed by atoms with Crippen molar-refractivity contribution in [1.82, 2.24) is 0 Å². The van der Waals surface area contributed by atoms with Gasteiger partial charge in [0.05, 0.1) is 9.85 Å². The molecule has 0 heterocycles. The van der Waals surface area contributed by atoms with Gasteiger partial charge in [-0.05, 0) is 0 Å². The zero-order chi connectivity index (χ0) is 13.3. The van der Waals surface area contributed by atoms with Crippen LogP contribution in [0.3, 0.4) is 0 Å². The fourth-order valence-corrected chi connectivity index (χ4v) is 1.56. The molecule has 0 aliphatic carbocycles. The molecular formula is C7H2Cl2N2O6. The summed E-state index contributed by atoms with van der Waals surface area (Å²) in [6.45, 7) is 0. The first-order valence-corrected chi connectivity index (χ1v) is 4.57. The lowest BCUT2D eigenvalue weighted by atomic mass is 10.1. The predicted octanol–water partition coefficient (Wildman–Crippen LogP) is 2.51. The van der Waals surface area contributed by atoms with Gasteiger partial charge in [0, 0.05) is 6.07 Å². The van der Waals surface area contributed by atoms with E-state index in [-0.39, 0.29) is 0 Å². The smallest absolute Gasteiger partial charge is 0.343 e. The molecule has 90 valence electrons. The van der Waals surface area contributed by atoms with E-state index in [1.165, 1.54) is 0 Å². The zero-order valence-electron chi connectivity index (χ0n) is 7.72. The number of nitro benzene ring substituents is 2. The number of carbonyl (C=O) groups is 1. The van der Waals surface area contributed by atoms with E-state index in [4.69, 9.17) is 28.3 Å². The second-order valence-electron chi connectivity index (χ2n) is 2.74. The Morgan fingerprint density at radius 3 is 2.06 bits per heavy atom. The maximum Gasteiger partial charge on any atom is 0.343 e. The van der Waals surface area contributed by atoms with Crippen LogP contribution in [-0.2, 0) is 0 Å². The second-order valence-corrected chi connectivity index (χ2v) is 3.50. The van der Waals surface area contributed by atoms with E-state index in [2.05, 4.69) is 0 Å². The molecule has 0 saturated carbocycles. The predicted molar refractivity (Wildman–Crippen MR) is 56.7 cm³/mol. The molecule has 0 aromatic heterocycles. The number of nitro groups is 2. The molecule has 17 heavy (non-hydrogen) atoms. The lowest BCUT2D eigenvalue weighted by Crippen LogP contribution is -2.05. The van der Waals surface area contributed by atoms with E-state index < -0.39 is 42.8 Å². The van der Waals surface area contributed by atoms with Gasteiger partial charge < -0.3 is 5.11 Å². The molecule has 1 aromatic carbocycles. The van der Waals surface area contributed by atoms with Gasteiger partial charge in [0.1, 0.15) is 15.6 Å². The SMILES string of the molecule is O=C(O)c1cc([N+](=O)[O-])c(Cl)c(Cl)c1[N+](=O)[O-]. The van der Waals surface area contributed by atoms with Crippen LogP contribution in [0.2, 0.25) is 10.0 Å². The zero-order valence-corrected chi connectivity index (χ0v) is 9.23. The van der Waals surface area contributed by atoms with Gasteiger partial charge in [-0.3, -0.25) is 20.2 Å². The van der Waals surface area contributed by atoms with Crippen LogP contribution < -0.4 is 0 Å². The Morgan fingerprint density at radius 2 is 1.71 bits per heavy atom. The van der Waals surface area contributed by atoms with Crippen LogP contribution in [0.5, 0.6) is 0 Å². The van der Waals surface area contributed by atoms with Gasteiger partial charge in [0.2, 0.25) is 0 Å². The van der Waals surface area contributed by atoms with Gasteiger partial charge in [-0.25, -0.2) is 4.79 Å². The van der Waals surface area contributed by atoms with Gasteiger partial charge in [0.25, 0.3) is 5.69 Å². The molecule has 0 atom stereocenters. The summed E-state index contributed by atoms with van der Waals surface area (Å²) >= 11 is 10.9. The number of rotatable bonds is 3.